The smallest absolute Gasteiger partial charge is 0.00702 e. The molecule has 5 rings (SSSR count). The van der Waals surface area contributed by atoms with Crippen LogP contribution in [0.4, 0.5) is 0 Å². The molecule has 0 heterocycles. The van der Waals surface area contributed by atoms with Crippen LogP contribution < -0.4 is 5.30 Å². The van der Waals surface area contributed by atoms with Gasteiger partial charge in [-0.1, -0.05) is 30.3 Å². The van der Waals surface area contributed by atoms with Crippen molar-refractivity contribution in [1.82, 2.24) is 0 Å². The summed E-state index contributed by atoms with van der Waals surface area (Å²) in [6.45, 7) is 0. The highest BCUT2D eigenvalue weighted by atomic mass is 31.1. The highest BCUT2D eigenvalue weighted by molar-refractivity contribution is 7.48. The maximum atomic E-state index is 2.31. The third kappa shape index (κ3) is 1.85. The maximum Gasteiger partial charge on any atom is -0.00702 e. The predicted octanol–water partition coefficient (Wildman–Crippen LogP) is 4.08. The summed E-state index contributed by atoms with van der Waals surface area (Å²) >= 11 is 0. The van der Waals surface area contributed by atoms with E-state index in [4.69, 9.17) is 0 Å². The average molecular weight is 243 g/mol. The van der Waals surface area contributed by atoms with Crippen LogP contribution in [-0.2, 0) is 0 Å². The third-order valence-corrected chi connectivity index (χ3v) is 6.97. The predicted molar refractivity (Wildman–Crippen MR) is 73.8 cm³/mol. The minimum atomic E-state index is 0.991. The van der Waals surface area contributed by atoms with Crippen LogP contribution in [-0.4, -0.2) is 5.66 Å². The Hall–Kier alpha value is -0.350. The second-order valence-corrected chi connectivity index (χ2v) is 7.76. The molecule has 0 spiro atoms. The summed E-state index contributed by atoms with van der Waals surface area (Å²) in [6, 6.07) is 11.1. The molecule has 0 amide bonds. The van der Waals surface area contributed by atoms with E-state index in [-0.39, 0.29) is 0 Å². The van der Waals surface area contributed by atoms with E-state index in [1.54, 1.807) is 46.0 Å². The van der Waals surface area contributed by atoms with Gasteiger partial charge in [-0.3, -0.25) is 0 Å². The Balaban J connectivity index is 1.55. The molecule has 4 saturated carbocycles. The molecule has 17 heavy (non-hydrogen) atoms. The molecular formula is C16H20P. The van der Waals surface area contributed by atoms with Gasteiger partial charge < -0.3 is 0 Å². The van der Waals surface area contributed by atoms with Gasteiger partial charge in [0.15, 0.2) is 0 Å². The summed E-state index contributed by atoms with van der Waals surface area (Å²) in [5.41, 5.74) is 0.991. The molecule has 4 bridgehead atoms. The molecule has 1 heteroatoms. The molecule has 1 aromatic rings. The van der Waals surface area contributed by atoms with Gasteiger partial charge in [-0.05, 0) is 75.3 Å². The zero-order valence-electron chi connectivity index (χ0n) is 10.3. The lowest BCUT2D eigenvalue weighted by molar-refractivity contribution is 0.0259. The molecule has 0 nitrogen and oxygen atoms in total. The molecule has 4 aliphatic carbocycles. The lowest BCUT2D eigenvalue weighted by Gasteiger charge is -2.54. The molecule has 4 aliphatic rings. The van der Waals surface area contributed by atoms with Gasteiger partial charge in [0.1, 0.15) is 0 Å². The van der Waals surface area contributed by atoms with E-state index in [0.29, 0.717) is 0 Å². The first-order valence-electron chi connectivity index (χ1n) is 7.14. The van der Waals surface area contributed by atoms with Crippen molar-refractivity contribution in [3.8, 4) is 0 Å². The molecular weight excluding hydrogens is 223 g/mol. The number of benzene rings is 1. The van der Waals surface area contributed by atoms with E-state index >= 15 is 0 Å². The Bertz CT molecular complexity index is 369. The van der Waals surface area contributed by atoms with Gasteiger partial charge in [-0.2, -0.15) is 0 Å². The lowest BCUT2D eigenvalue weighted by atomic mass is 9.56. The molecule has 0 aromatic heterocycles. The highest BCUT2D eigenvalue weighted by Crippen LogP contribution is 2.58. The van der Waals surface area contributed by atoms with Crippen molar-refractivity contribution in [2.45, 2.75) is 37.8 Å². The van der Waals surface area contributed by atoms with Gasteiger partial charge in [0.05, 0.1) is 0 Å². The van der Waals surface area contributed by atoms with Crippen molar-refractivity contribution in [3.63, 3.8) is 0 Å². The fourth-order valence-electron chi connectivity index (χ4n) is 4.79. The largest absolute Gasteiger partial charge is 0.0622 e. The van der Waals surface area contributed by atoms with E-state index in [1.165, 1.54) is 0 Å². The van der Waals surface area contributed by atoms with E-state index in [2.05, 4.69) is 30.3 Å². The Labute approximate surface area is 106 Å². The van der Waals surface area contributed by atoms with Crippen LogP contribution in [0.15, 0.2) is 30.3 Å². The molecule has 1 radical (unpaired) electrons. The van der Waals surface area contributed by atoms with Crippen LogP contribution in [0.25, 0.3) is 0 Å². The second-order valence-electron chi connectivity index (χ2n) is 6.39. The fourth-order valence-corrected chi connectivity index (χ4v) is 6.39. The third-order valence-electron chi connectivity index (χ3n) is 5.23. The van der Waals surface area contributed by atoms with Gasteiger partial charge in [-0.15, -0.1) is 0 Å². The minimum absolute atomic E-state index is 0.991. The topological polar surface area (TPSA) is 0 Å². The molecule has 0 atom stereocenters. The first kappa shape index (κ1) is 10.6. The van der Waals surface area contributed by atoms with Crippen LogP contribution in [0, 0.1) is 23.7 Å². The van der Waals surface area contributed by atoms with Crippen molar-refractivity contribution < 1.29 is 0 Å². The van der Waals surface area contributed by atoms with Crippen LogP contribution in [0.5, 0.6) is 0 Å². The summed E-state index contributed by atoms with van der Waals surface area (Å²) < 4.78 is 0. The van der Waals surface area contributed by atoms with Gasteiger partial charge in [0, 0.05) is 0 Å². The molecule has 0 N–H and O–H groups in total. The summed E-state index contributed by atoms with van der Waals surface area (Å²) in [4.78, 5) is 0. The van der Waals surface area contributed by atoms with Crippen LogP contribution >= 0.6 is 8.58 Å². The zero-order valence-corrected chi connectivity index (χ0v) is 11.2. The molecule has 1 aromatic carbocycles. The van der Waals surface area contributed by atoms with Crippen molar-refractivity contribution in [2.75, 3.05) is 0 Å². The number of hydrogen-bond donors (Lipinski definition) is 0. The quantitative estimate of drug-likeness (QED) is 0.686. The first-order valence-corrected chi connectivity index (χ1v) is 8.11. The van der Waals surface area contributed by atoms with E-state index in [9.17, 15) is 0 Å². The highest BCUT2D eigenvalue weighted by Gasteiger charge is 2.48. The van der Waals surface area contributed by atoms with Gasteiger partial charge >= 0.3 is 0 Å². The fraction of sp³-hybridized carbons (Fsp3) is 0.625. The summed E-state index contributed by atoms with van der Waals surface area (Å²) in [6.07, 6.45) is 7.78. The molecule has 0 unspecified atom stereocenters. The monoisotopic (exact) mass is 243 g/mol. The van der Waals surface area contributed by atoms with Gasteiger partial charge in [-0.25, -0.2) is 0 Å². The molecule has 0 saturated heterocycles. The first-order chi connectivity index (χ1) is 8.38. The zero-order chi connectivity index (χ0) is 11.2. The van der Waals surface area contributed by atoms with Gasteiger partial charge in [0.2, 0.25) is 0 Å². The lowest BCUT2D eigenvalue weighted by Crippen LogP contribution is -2.46. The Morgan fingerprint density at radius 1 is 0.765 bits per heavy atom. The van der Waals surface area contributed by atoms with Crippen LogP contribution in [0.1, 0.15) is 32.1 Å². The maximum absolute atomic E-state index is 2.31. The number of hydrogen-bond acceptors (Lipinski definition) is 0. The number of rotatable bonds is 2. The Morgan fingerprint density at radius 2 is 1.35 bits per heavy atom. The average Bonchev–Trinajstić information content (AvgIpc) is 2.34. The summed E-state index contributed by atoms with van der Waals surface area (Å²) in [5, 5.41) is 1.55. The normalized spacial score (nSPS) is 43.6. The van der Waals surface area contributed by atoms with Crippen molar-refractivity contribution in [2.24, 2.45) is 23.7 Å². The van der Waals surface area contributed by atoms with E-state index in [0.717, 1.165) is 29.3 Å². The molecule has 89 valence electrons. The van der Waals surface area contributed by atoms with Gasteiger partial charge in [0.25, 0.3) is 0 Å². The van der Waals surface area contributed by atoms with E-state index < -0.39 is 0 Å². The van der Waals surface area contributed by atoms with Crippen LogP contribution in [0.3, 0.4) is 0 Å². The van der Waals surface area contributed by atoms with Crippen molar-refractivity contribution in [3.05, 3.63) is 30.3 Å². The SMILES string of the molecule is c1ccc([P]C2C3CC4CC(C3)CC2C4)cc1. The van der Waals surface area contributed by atoms with Crippen molar-refractivity contribution in [1.29, 1.82) is 0 Å². The molecule has 4 fully saturated rings. The Kier molecular flexibility index (Phi) is 2.54. The summed E-state index contributed by atoms with van der Waals surface area (Å²) in [7, 11) is 1.63. The summed E-state index contributed by atoms with van der Waals surface area (Å²) in [5.74, 6) is 4.35. The van der Waals surface area contributed by atoms with E-state index in [1.807, 2.05) is 0 Å². The van der Waals surface area contributed by atoms with Crippen LogP contribution in [0.2, 0.25) is 0 Å². The second kappa shape index (κ2) is 4.09. The Morgan fingerprint density at radius 3 is 1.94 bits per heavy atom. The minimum Gasteiger partial charge on any atom is -0.0622 e. The standard InChI is InChI=1S/C16H20P/c1-2-4-15(5-3-1)17-16-13-7-11-6-12(9-13)10-14(16)8-11/h1-5,11-14,16H,6-10H2. The van der Waals surface area contributed by atoms with Crippen molar-refractivity contribution >= 4 is 13.9 Å². The molecule has 0 aliphatic heterocycles.